The highest BCUT2D eigenvalue weighted by Crippen LogP contribution is 2.85. The van der Waals surface area contributed by atoms with Gasteiger partial charge in [-0.2, -0.15) is 0 Å². The molecule has 10 fully saturated rings. The Bertz CT molecular complexity index is 965. The highest BCUT2D eigenvalue weighted by molar-refractivity contribution is 5.27. The van der Waals surface area contributed by atoms with E-state index in [1.165, 1.54) is 35.5 Å². The summed E-state index contributed by atoms with van der Waals surface area (Å²) in [7, 11) is 0. The fourth-order valence-corrected chi connectivity index (χ4v) is 18.1. The van der Waals surface area contributed by atoms with Gasteiger partial charge in [0.25, 0.3) is 0 Å². The lowest BCUT2D eigenvalue weighted by Crippen LogP contribution is -2.67. The maximum absolute atomic E-state index is 2.89. The Morgan fingerprint density at radius 3 is 1.92 bits per heavy atom. The first-order valence-electron chi connectivity index (χ1n) is 18.7. The van der Waals surface area contributed by atoms with Crippen LogP contribution in [-0.2, 0) is 0 Å². The van der Waals surface area contributed by atoms with Crippen molar-refractivity contribution in [1.29, 1.82) is 0 Å². The van der Waals surface area contributed by atoms with E-state index in [4.69, 9.17) is 0 Å². The summed E-state index contributed by atoms with van der Waals surface area (Å²) in [5.41, 5.74) is 0.798. The zero-order valence-electron chi connectivity index (χ0n) is 24.9. The molecule has 0 bridgehead atoms. The Balaban J connectivity index is 1.21. The largest absolute Gasteiger partial charge is 0.0625 e. The Morgan fingerprint density at radius 2 is 1.08 bits per heavy atom. The van der Waals surface area contributed by atoms with Gasteiger partial charge < -0.3 is 0 Å². The van der Waals surface area contributed by atoms with E-state index in [9.17, 15) is 0 Å². The Hall–Kier alpha value is 0. The van der Waals surface area contributed by atoms with Crippen LogP contribution in [0.15, 0.2) is 0 Å². The standard InChI is InChI=1S/C38H58/c1-20-14-16-29-31(18-20)38-35-21(2)24-9-3-5-11-26(24)33(35)30-13-7-8-22(36(30)38)19-23-15-17-28-25-10-4-6-12-27(25)32(29)34(28)37(23)38/h20-37H,3-19H2,1-2H3. The average Bonchev–Trinajstić information content (AvgIpc) is 3.55. The molecule has 0 aromatic heterocycles. The van der Waals surface area contributed by atoms with Crippen LogP contribution < -0.4 is 0 Å². The molecule has 10 aliphatic rings. The van der Waals surface area contributed by atoms with Crippen LogP contribution in [0, 0.1) is 112 Å². The first-order chi connectivity index (χ1) is 18.7. The first-order valence-corrected chi connectivity index (χ1v) is 18.7. The van der Waals surface area contributed by atoms with Gasteiger partial charge in [0.15, 0.2) is 0 Å². The Morgan fingerprint density at radius 1 is 0.421 bits per heavy atom. The van der Waals surface area contributed by atoms with Crippen molar-refractivity contribution in [2.75, 3.05) is 0 Å². The summed E-state index contributed by atoms with van der Waals surface area (Å²) in [6.45, 7) is 5.60. The molecular weight excluding hydrogens is 456 g/mol. The Labute approximate surface area is 234 Å². The van der Waals surface area contributed by atoms with E-state index in [0.717, 1.165) is 76.4 Å². The minimum atomic E-state index is 0.798. The smallest absolute Gasteiger partial charge is 0.0165 e. The van der Waals surface area contributed by atoms with Crippen LogP contribution >= 0.6 is 0 Å². The molecule has 0 radical (unpaired) electrons. The maximum Gasteiger partial charge on any atom is -0.0165 e. The first kappa shape index (κ1) is 23.6. The topological polar surface area (TPSA) is 0 Å². The van der Waals surface area contributed by atoms with Crippen LogP contribution in [0.2, 0.25) is 0 Å². The van der Waals surface area contributed by atoms with E-state index in [2.05, 4.69) is 13.8 Å². The van der Waals surface area contributed by atoms with Crippen LogP contribution in [0.1, 0.15) is 123 Å². The number of hydrogen-bond donors (Lipinski definition) is 0. The van der Waals surface area contributed by atoms with E-state index in [1.54, 1.807) is 109 Å². The van der Waals surface area contributed by atoms with E-state index < -0.39 is 0 Å². The molecule has 0 N–H and O–H groups in total. The minimum Gasteiger partial charge on any atom is -0.0625 e. The van der Waals surface area contributed by atoms with Gasteiger partial charge in [-0.3, -0.25) is 0 Å². The van der Waals surface area contributed by atoms with Gasteiger partial charge in [-0.25, -0.2) is 0 Å². The molecule has 0 heterocycles. The predicted octanol–water partition coefficient (Wildman–Crippen LogP) is 9.87. The van der Waals surface area contributed by atoms with Crippen LogP contribution in [0.5, 0.6) is 0 Å². The van der Waals surface area contributed by atoms with Crippen molar-refractivity contribution in [1.82, 2.24) is 0 Å². The summed E-state index contributed by atoms with van der Waals surface area (Å²) in [5.74, 6) is 20.6. The second-order valence-electron chi connectivity index (χ2n) is 18.2. The summed E-state index contributed by atoms with van der Waals surface area (Å²) in [6, 6.07) is 0. The molecule has 0 aromatic carbocycles. The predicted molar refractivity (Wildman–Crippen MR) is 155 cm³/mol. The quantitative estimate of drug-likeness (QED) is 0.302. The second kappa shape index (κ2) is 8.09. The SMILES string of the molecule is CC1CCC2C3C4CCCCC4C4CCC5CC6CCCC7C8C9CCCCC9C(C)C8C(C2C1)(C67)C5C43. The fourth-order valence-electron chi connectivity index (χ4n) is 18.1. The monoisotopic (exact) mass is 514 g/mol. The third-order valence-electron chi connectivity index (χ3n) is 17.9. The van der Waals surface area contributed by atoms with Crippen molar-refractivity contribution >= 4 is 0 Å². The molecule has 19 atom stereocenters. The second-order valence-corrected chi connectivity index (χ2v) is 18.2. The van der Waals surface area contributed by atoms with E-state index >= 15 is 0 Å². The van der Waals surface area contributed by atoms with Gasteiger partial charge in [0.2, 0.25) is 0 Å². The van der Waals surface area contributed by atoms with Gasteiger partial charge in [0.1, 0.15) is 0 Å². The lowest BCUT2D eigenvalue weighted by Gasteiger charge is -2.71. The number of fused-ring (bicyclic) bond motifs is 9. The number of hydrogen-bond acceptors (Lipinski definition) is 0. The van der Waals surface area contributed by atoms with E-state index in [-0.39, 0.29) is 0 Å². The van der Waals surface area contributed by atoms with Crippen molar-refractivity contribution in [3.63, 3.8) is 0 Å². The molecule has 10 rings (SSSR count). The summed E-state index contributed by atoms with van der Waals surface area (Å²) in [6.07, 6.45) is 27.7. The average molecular weight is 515 g/mol. The van der Waals surface area contributed by atoms with Crippen LogP contribution in [-0.4, -0.2) is 0 Å². The molecule has 0 saturated heterocycles. The molecule has 0 nitrogen and oxygen atoms in total. The molecular formula is C38H58. The third kappa shape index (κ3) is 2.61. The molecule has 0 aromatic rings. The minimum absolute atomic E-state index is 0.798. The van der Waals surface area contributed by atoms with Gasteiger partial charge in [-0.1, -0.05) is 58.8 Å². The molecule has 10 aliphatic carbocycles. The molecule has 38 heavy (non-hydrogen) atoms. The van der Waals surface area contributed by atoms with Gasteiger partial charge >= 0.3 is 0 Å². The van der Waals surface area contributed by atoms with Gasteiger partial charge in [-0.05, 0) is 176 Å². The highest BCUT2D eigenvalue weighted by Gasteiger charge is 2.80. The zero-order chi connectivity index (χ0) is 24.9. The van der Waals surface area contributed by atoms with E-state index in [0.29, 0.717) is 0 Å². The molecule has 210 valence electrons. The molecule has 19 unspecified atom stereocenters. The summed E-state index contributed by atoms with van der Waals surface area (Å²) < 4.78 is 0. The summed E-state index contributed by atoms with van der Waals surface area (Å²) in [4.78, 5) is 0. The lowest BCUT2D eigenvalue weighted by molar-refractivity contribution is -0.240. The van der Waals surface area contributed by atoms with E-state index in [1.807, 2.05) is 0 Å². The van der Waals surface area contributed by atoms with Gasteiger partial charge in [0, 0.05) is 0 Å². The molecule has 1 spiro atoms. The molecule has 10 saturated carbocycles. The van der Waals surface area contributed by atoms with Crippen LogP contribution in [0.4, 0.5) is 0 Å². The maximum atomic E-state index is 2.89. The normalized spacial score (nSPS) is 67.1. The lowest BCUT2D eigenvalue weighted by atomic mass is 9.33. The third-order valence-corrected chi connectivity index (χ3v) is 17.9. The van der Waals surface area contributed by atoms with Crippen molar-refractivity contribution in [2.45, 2.75) is 123 Å². The zero-order valence-corrected chi connectivity index (χ0v) is 24.9. The Kier molecular flexibility index (Phi) is 5.01. The summed E-state index contributed by atoms with van der Waals surface area (Å²) in [5, 5.41) is 0. The number of rotatable bonds is 0. The van der Waals surface area contributed by atoms with Crippen molar-refractivity contribution in [2.24, 2.45) is 112 Å². The van der Waals surface area contributed by atoms with Gasteiger partial charge in [0.05, 0.1) is 0 Å². The molecule has 0 heteroatoms. The van der Waals surface area contributed by atoms with Crippen LogP contribution in [0.25, 0.3) is 0 Å². The molecule has 0 aliphatic heterocycles. The van der Waals surface area contributed by atoms with Crippen molar-refractivity contribution in [3.05, 3.63) is 0 Å². The molecule has 0 amide bonds. The van der Waals surface area contributed by atoms with Gasteiger partial charge in [-0.15, -0.1) is 0 Å². The summed E-state index contributed by atoms with van der Waals surface area (Å²) >= 11 is 0. The van der Waals surface area contributed by atoms with Crippen LogP contribution in [0.3, 0.4) is 0 Å². The highest BCUT2D eigenvalue weighted by atomic mass is 14.8. The fraction of sp³-hybridized carbons (Fsp3) is 1.00. The van der Waals surface area contributed by atoms with Crippen molar-refractivity contribution < 1.29 is 0 Å². The van der Waals surface area contributed by atoms with Crippen molar-refractivity contribution in [3.8, 4) is 0 Å².